The van der Waals surface area contributed by atoms with Crippen LogP contribution >= 0.6 is 0 Å². The molecule has 0 atom stereocenters. The summed E-state index contributed by atoms with van der Waals surface area (Å²) in [6, 6.07) is 59.8. The number of nitrogens with zero attached hydrogens (tertiary/aromatic N) is 3. The van der Waals surface area contributed by atoms with E-state index in [2.05, 4.69) is 84.9 Å². The maximum Gasteiger partial charge on any atom is 0.164 e. The highest BCUT2D eigenvalue weighted by molar-refractivity contribution is 6.17. The van der Waals surface area contributed by atoms with Crippen molar-refractivity contribution in [2.75, 3.05) is 0 Å². The minimum Gasteiger partial charge on any atom is -0.456 e. The van der Waals surface area contributed by atoms with Crippen molar-refractivity contribution in [3.63, 3.8) is 0 Å². The summed E-state index contributed by atoms with van der Waals surface area (Å²) < 4.78 is 19.6. The minimum absolute atomic E-state index is 0.577. The molecule has 0 fully saturated rings. The first-order chi connectivity index (χ1) is 28.2. The molecule has 0 unspecified atom stereocenters. The number of para-hydroxylation sites is 3. The van der Waals surface area contributed by atoms with Gasteiger partial charge in [-0.05, 0) is 65.2 Å². The number of rotatable bonds is 5. The first kappa shape index (κ1) is 31.5. The van der Waals surface area contributed by atoms with Gasteiger partial charge in [0.25, 0.3) is 0 Å². The third-order valence-corrected chi connectivity index (χ3v) is 10.9. The van der Waals surface area contributed by atoms with Crippen LogP contribution in [-0.2, 0) is 0 Å². The molecule has 0 bridgehead atoms. The standard InChI is InChI=1S/C51H29N3O3/c1-3-12-30(13-4-1)49-52-50(31-14-5-2-6-15-31)54-51(53-49)33-22-24-37-38-19-11-18-35(48(38)57-45(37)28-33)34-27-40(47-39-17-8-10-21-43(39)56-46(47)29-34)32-23-25-44-41(26-32)36-16-7-9-20-42(36)55-44/h1-29H. The highest BCUT2D eigenvalue weighted by Gasteiger charge is 2.20. The van der Waals surface area contributed by atoms with E-state index in [9.17, 15) is 0 Å². The van der Waals surface area contributed by atoms with Gasteiger partial charge in [-0.2, -0.15) is 0 Å². The van der Waals surface area contributed by atoms with Crippen LogP contribution < -0.4 is 0 Å². The Morgan fingerprint density at radius 3 is 1.60 bits per heavy atom. The molecule has 0 aliphatic carbocycles. The van der Waals surface area contributed by atoms with Crippen LogP contribution in [0.15, 0.2) is 189 Å². The molecule has 266 valence electrons. The lowest BCUT2D eigenvalue weighted by Gasteiger charge is -2.09. The average Bonchev–Trinajstić information content (AvgIpc) is 3.97. The van der Waals surface area contributed by atoms with Gasteiger partial charge in [-0.1, -0.05) is 127 Å². The lowest BCUT2D eigenvalue weighted by atomic mass is 9.93. The molecule has 0 saturated carbocycles. The third-order valence-electron chi connectivity index (χ3n) is 10.9. The van der Waals surface area contributed by atoms with Gasteiger partial charge in [0, 0.05) is 54.6 Å². The van der Waals surface area contributed by atoms with E-state index in [1.54, 1.807) is 0 Å². The van der Waals surface area contributed by atoms with Gasteiger partial charge in [0.2, 0.25) is 0 Å². The predicted octanol–water partition coefficient (Wildman–Crippen LogP) is 13.9. The van der Waals surface area contributed by atoms with Gasteiger partial charge >= 0.3 is 0 Å². The minimum atomic E-state index is 0.577. The molecule has 0 spiro atoms. The van der Waals surface area contributed by atoms with E-state index in [1.165, 1.54) is 0 Å². The van der Waals surface area contributed by atoms with Gasteiger partial charge < -0.3 is 13.3 Å². The second-order valence-corrected chi connectivity index (χ2v) is 14.3. The maximum atomic E-state index is 6.83. The number of hydrogen-bond donors (Lipinski definition) is 0. The van der Waals surface area contributed by atoms with E-state index >= 15 is 0 Å². The summed E-state index contributed by atoms with van der Waals surface area (Å²) >= 11 is 0. The summed E-state index contributed by atoms with van der Waals surface area (Å²) in [7, 11) is 0. The zero-order valence-electron chi connectivity index (χ0n) is 30.3. The second kappa shape index (κ2) is 12.3. The Morgan fingerprint density at radius 1 is 0.281 bits per heavy atom. The zero-order valence-corrected chi connectivity index (χ0v) is 30.3. The Labute approximate surface area is 325 Å². The zero-order chi connectivity index (χ0) is 37.5. The molecule has 12 aromatic rings. The van der Waals surface area contributed by atoms with E-state index in [4.69, 9.17) is 28.2 Å². The van der Waals surface area contributed by atoms with Crippen LogP contribution in [0, 0.1) is 0 Å². The maximum absolute atomic E-state index is 6.83. The van der Waals surface area contributed by atoms with Gasteiger partial charge in [0.1, 0.15) is 33.5 Å². The number of aromatic nitrogens is 3. The highest BCUT2D eigenvalue weighted by atomic mass is 16.3. The lowest BCUT2D eigenvalue weighted by Crippen LogP contribution is -2.00. The van der Waals surface area contributed by atoms with Crippen molar-refractivity contribution in [2.24, 2.45) is 0 Å². The quantitative estimate of drug-likeness (QED) is 0.175. The normalized spacial score (nSPS) is 11.9. The van der Waals surface area contributed by atoms with E-state index in [0.717, 1.165) is 105 Å². The summed E-state index contributed by atoms with van der Waals surface area (Å²) in [6.07, 6.45) is 0. The molecule has 0 aliphatic rings. The van der Waals surface area contributed by atoms with Crippen LogP contribution in [0.2, 0.25) is 0 Å². The monoisotopic (exact) mass is 731 g/mol. The third kappa shape index (κ3) is 5.08. The molecule has 0 radical (unpaired) electrons. The Bertz CT molecular complexity index is 3470. The molecule has 0 aliphatic heterocycles. The van der Waals surface area contributed by atoms with Crippen LogP contribution in [0.25, 0.3) is 122 Å². The SMILES string of the molecule is c1ccc(-c2nc(-c3ccccc3)nc(-c3ccc4c(c3)oc3c(-c5cc(-c6ccc7oc8ccccc8c7c6)c6c(c5)oc5ccccc56)cccc34)n2)cc1. The molecule has 6 nitrogen and oxygen atoms in total. The molecule has 8 aromatic carbocycles. The fraction of sp³-hybridized carbons (Fsp3) is 0. The van der Waals surface area contributed by atoms with Gasteiger partial charge in [-0.25, -0.2) is 15.0 Å². The predicted molar refractivity (Wildman–Crippen MR) is 229 cm³/mol. The largest absolute Gasteiger partial charge is 0.456 e. The highest BCUT2D eigenvalue weighted by Crippen LogP contribution is 2.44. The van der Waals surface area contributed by atoms with Crippen molar-refractivity contribution in [3.8, 4) is 56.4 Å². The topological polar surface area (TPSA) is 78.1 Å². The van der Waals surface area contributed by atoms with Gasteiger partial charge in [0.05, 0.1) is 0 Å². The summed E-state index contributed by atoms with van der Waals surface area (Å²) in [5.74, 6) is 1.80. The van der Waals surface area contributed by atoms with Crippen molar-refractivity contribution in [3.05, 3.63) is 176 Å². The van der Waals surface area contributed by atoms with E-state index in [-0.39, 0.29) is 0 Å². The number of fused-ring (bicyclic) bond motifs is 9. The molecule has 4 aromatic heterocycles. The Morgan fingerprint density at radius 2 is 0.842 bits per heavy atom. The summed E-state index contributed by atoms with van der Waals surface area (Å²) in [6.45, 7) is 0. The molecule has 0 amide bonds. The van der Waals surface area contributed by atoms with Gasteiger partial charge in [-0.15, -0.1) is 0 Å². The number of hydrogen-bond acceptors (Lipinski definition) is 6. The Balaban J connectivity index is 1.04. The number of furan rings is 3. The van der Waals surface area contributed by atoms with Crippen LogP contribution in [0.1, 0.15) is 0 Å². The molecular weight excluding hydrogens is 703 g/mol. The fourth-order valence-corrected chi connectivity index (χ4v) is 8.23. The van der Waals surface area contributed by atoms with E-state index < -0.39 is 0 Å². The molecule has 0 saturated heterocycles. The van der Waals surface area contributed by atoms with Crippen LogP contribution in [0.3, 0.4) is 0 Å². The molecule has 12 rings (SSSR count). The molecule has 57 heavy (non-hydrogen) atoms. The Hall–Kier alpha value is -7.83. The summed E-state index contributed by atoms with van der Waals surface area (Å²) in [5.41, 5.74) is 11.8. The number of benzene rings is 8. The van der Waals surface area contributed by atoms with Crippen LogP contribution in [0.4, 0.5) is 0 Å². The molecule has 4 heterocycles. The Kier molecular flexibility index (Phi) is 6.83. The smallest absolute Gasteiger partial charge is 0.164 e. The second-order valence-electron chi connectivity index (χ2n) is 14.3. The van der Waals surface area contributed by atoms with Gasteiger partial charge in [-0.3, -0.25) is 0 Å². The average molecular weight is 732 g/mol. The van der Waals surface area contributed by atoms with Crippen LogP contribution in [0.5, 0.6) is 0 Å². The first-order valence-corrected chi connectivity index (χ1v) is 18.9. The van der Waals surface area contributed by atoms with Crippen molar-refractivity contribution in [1.29, 1.82) is 0 Å². The van der Waals surface area contributed by atoms with Crippen LogP contribution in [-0.4, -0.2) is 15.0 Å². The van der Waals surface area contributed by atoms with E-state index in [0.29, 0.717) is 17.5 Å². The van der Waals surface area contributed by atoms with E-state index in [1.807, 2.05) is 91.0 Å². The summed E-state index contributed by atoms with van der Waals surface area (Å²) in [5, 5.41) is 6.36. The molecular formula is C51H29N3O3. The first-order valence-electron chi connectivity index (χ1n) is 18.9. The molecule has 6 heteroatoms. The van der Waals surface area contributed by atoms with Crippen molar-refractivity contribution >= 4 is 65.8 Å². The van der Waals surface area contributed by atoms with Crippen molar-refractivity contribution < 1.29 is 13.3 Å². The van der Waals surface area contributed by atoms with Gasteiger partial charge in [0.15, 0.2) is 17.5 Å². The lowest BCUT2D eigenvalue weighted by molar-refractivity contribution is 0.668. The summed E-state index contributed by atoms with van der Waals surface area (Å²) in [4.78, 5) is 14.8. The van der Waals surface area contributed by atoms with Crippen molar-refractivity contribution in [2.45, 2.75) is 0 Å². The van der Waals surface area contributed by atoms with Crippen molar-refractivity contribution in [1.82, 2.24) is 15.0 Å². The fourth-order valence-electron chi connectivity index (χ4n) is 8.23. The molecule has 0 N–H and O–H groups in total.